The minimum atomic E-state index is -4.08. The summed E-state index contributed by atoms with van der Waals surface area (Å²) in [4.78, 5) is 0. The van der Waals surface area contributed by atoms with Gasteiger partial charge in [0.05, 0.1) is 0 Å². The molecule has 15 heavy (non-hydrogen) atoms. The average molecular weight is 224 g/mol. The molecule has 0 aromatic carbocycles. The van der Waals surface area contributed by atoms with E-state index in [1.54, 1.807) is 0 Å². The summed E-state index contributed by atoms with van der Waals surface area (Å²) in [7, 11) is 0. The van der Waals surface area contributed by atoms with E-state index in [0.717, 1.165) is 25.7 Å². The molecule has 0 saturated heterocycles. The van der Waals surface area contributed by atoms with Crippen LogP contribution < -0.4 is 11.3 Å². The smallest absolute Gasteiger partial charge is 0.271 e. The highest BCUT2D eigenvalue weighted by Gasteiger charge is 2.38. The van der Waals surface area contributed by atoms with E-state index in [2.05, 4.69) is 5.43 Å². The Hall–Kier alpha value is -0.290. The van der Waals surface area contributed by atoms with Gasteiger partial charge in [0, 0.05) is 12.5 Å². The normalized spacial score (nSPS) is 23.0. The van der Waals surface area contributed by atoms with Crippen molar-refractivity contribution in [2.24, 2.45) is 11.3 Å². The molecule has 2 nitrogen and oxygen atoms in total. The minimum absolute atomic E-state index is 0.0556. The Kier molecular flexibility index (Phi) is 4.00. The van der Waals surface area contributed by atoms with Crippen LogP contribution in [0.2, 0.25) is 0 Å². The zero-order chi connectivity index (χ0) is 11.5. The van der Waals surface area contributed by atoms with Gasteiger partial charge in [-0.3, -0.25) is 11.3 Å². The molecule has 0 aliphatic heterocycles. The summed E-state index contributed by atoms with van der Waals surface area (Å²) in [5.74, 6) is 5.35. The van der Waals surface area contributed by atoms with Crippen LogP contribution in [0.15, 0.2) is 0 Å². The lowest BCUT2D eigenvalue weighted by atomic mass is 9.79. The second-order valence-electron chi connectivity index (χ2n) is 4.73. The van der Waals surface area contributed by atoms with E-state index in [4.69, 9.17) is 5.84 Å². The van der Waals surface area contributed by atoms with E-state index in [1.165, 1.54) is 0 Å². The molecule has 0 aromatic heterocycles. The average Bonchev–Trinajstić information content (AvgIpc) is 2.52. The molecule has 0 aromatic rings. The van der Waals surface area contributed by atoms with E-state index in [0.29, 0.717) is 0 Å². The molecule has 0 spiro atoms. The highest BCUT2D eigenvalue weighted by molar-refractivity contribution is 4.90. The molecular formula is C10H19F3N2. The van der Waals surface area contributed by atoms with E-state index in [-0.39, 0.29) is 17.9 Å². The maximum Gasteiger partial charge on any atom is 0.389 e. The van der Waals surface area contributed by atoms with Crippen LogP contribution in [0.4, 0.5) is 13.2 Å². The highest BCUT2D eigenvalue weighted by Crippen LogP contribution is 2.42. The van der Waals surface area contributed by atoms with Gasteiger partial charge in [0.15, 0.2) is 0 Å². The van der Waals surface area contributed by atoms with Crippen LogP contribution in [-0.4, -0.2) is 12.2 Å². The molecule has 0 radical (unpaired) electrons. The van der Waals surface area contributed by atoms with Gasteiger partial charge in [0.25, 0.3) is 0 Å². The molecular weight excluding hydrogens is 205 g/mol. The van der Waals surface area contributed by atoms with Gasteiger partial charge in [-0.1, -0.05) is 19.8 Å². The van der Waals surface area contributed by atoms with Crippen LogP contribution >= 0.6 is 0 Å². The summed E-state index contributed by atoms with van der Waals surface area (Å²) in [6, 6.07) is -0.221. The molecule has 1 rings (SSSR count). The van der Waals surface area contributed by atoms with Crippen molar-refractivity contribution < 1.29 is 13.2 Å². The van der Waals surface area contributed by atoms with Gasteiger partial charge in [-0.05, 0) is 24.7 Å². The van der Waals surface area contributed by atoms with Crippen molar-refractivity contribution in [3.05, 3.63) is 0 Å². The SMILES string of the molecule is CC1(C(CCC(F)(F)F)NN)CCCC1. The second-order valence-corrected chi connectivity index (χ2v) is 4.73. The molecule has 1 unspecified atom stereocenters. The largest absolute Gasteiger partial charge is 0.389 e. The number of nitrogens with one attached hydrogen (secondary N) is 1. The minimum Gasteiger partial charge on any atom is -0.271 e. The molecule has 0 amide bonds. The number of alkyl halides is 3. The molecule has 3 N–H and O–H groups in total. The molecule has 1 fully saturated rings. The topological polar surface area (TPSA) is 38.0 Å². The van der Waals surface area contributed by atoms with Gasteiger partial charge in [-0.25, -0.2) is 0 Å². The third kappa shape index (κ3) is 3.65. The molecule has 90 valence electrons. The van der Waals surface area contributed by atoms with Crippen molar-refractivity contribution in [3.63, 3.8) is 0 Å². The Morgan fingerprint density at radius 3 is 2.27 bits per heavy atom. The first-order valence-corrected chi connectivity index (χ1v) is 5.40. The van der Waals surface area contributed by atoms with Gasteiger partial charge in [0.1, 0.15) is 0 Å². The van der Waals surface area contributed by atoms with Crippen molar-refractivity contribution in [3.8, 4) is 0 Å². The first-order chi connectivity index (χ1) is 6.87. The molecule has 0 bridgehead atoms. The summed E-state index contributed by atoms with van der Waals surface area (Å²) in [5, 5.41) is 0. The van der Waals surface area contributed by atoms with E-state index in [1.807, 2.05) is 6.92 Å². The van der Waals surface area contributed by atoms with E-state index >= 15 is 0 Å². The van der Waals surface area contributed by atoms with Crippen LogP contribution in [-0.2, 0) is 0 Å². The predicted octanol–water partition coefficient (Wildman–Crippen LogP) is 2.74. The lowest BCUT2D eigenvalue weighted by molar-refractivity contribution is -0.138. The third-order valence-electron chi connectivity index (χ3n) is 3.50. The summed E-state index contributed by atoms with van der Waals surface area (Å²) in [6.07, 6.45) is -0.612. The van der Waals surface area contributed by atoms with E-state index < -0.39 is 12.6 Å². The zero-order valence-electron chi connectivity index (χ0n) is 9.03. The number of hydrogen-bond acceptors (Lipinski definition) is 2. The van der Waals surface area contributed by atoms with Crippen LogP contribution in [0.1, 0.15) is 45.4 Å². The fourth-order valence-corrected chi connectivity index (χ4v) is 2.47. The molecule has 1 aliphatic carbocycles. The van der Waals surface area contributed by atoms with Crippen LogP contribution in [0.5, 0.6) is 0 Å². The van der Waals surface area contributed by atoms with E-state index in [9.17, 15) is 13.2 Å². The van der Waals surface area contributed by atoms with Crippen LogP contribution in [0, 0.1) is 5.41 Å². The molecule has 0 heterocycles. The Balaban J connectivity index is 2.48. The first-order valence-electron chi connectivity index (χ1n) is 5.40. The van der Waals surface area contributed by atoms with Crippen LogP contribution in [0.3, 0.4) is 0 Å². The number of hydrazine groups is 1. The van der Waals surface area contributed by atoms with Gasteiger partial charge in [-0.15, -0.1) is 0 Å². The Bertz CT molecular complexity index is 197. The van der Waals surface area contributed by atoms with Crippen molar-refractivity contribution in [2.45, 2.75) is 57.7 Å². The summed E-state index contributed by atoms with van der Waals surface area (Å²) < 4.78 is 36.3. The number of hydrogen-bond donors (Lipinski definition) is 2. The Morgan fingerprint density at radius 2 is 1.87 bits per heavy atom. The van der Waals surface area contributed by atoms with Crippen LogP contribution in [0.25, 0.3) is 0 Å². The van der Waals surface area contributed by atoms with Gasteiger partial charge >= 0.3 is 6.18 Å². The number of nitrogens with two attached hydrogens (primary N) is 1. The first kappa shape index (κ1) is 12.8. The van der Waals surface area contributed by atoms with Gasteiger partial charge in [0.2, 0.25) is 0 Å². The molecule has 1 atom stereocenters. The Morgan fingerprint density at radius 1 is 1.33 bits per heavy atom. The zero-order valence-corrected chi connectivity index (χ0v) is 9.03. The fraction of sp³-hybridized carbons (Fsp3) is 1.00. The maximum atomic E-state index is 12.1. The number of halogens is 3. The summed E-state index contributed by atoms with van der Waals surface area (Å²) in [6.45, 7) is 2.03. The quantitative estimate of drug-likeness (QED) is 0.569. The maximum absolute atomic E-state index is 12.1. The molecule has 1 saturated carbocycles. The predicted molar refractivity (Wildman–Crippen MR) is 53.0 cm³/mol. The highest BCUT2D eigenvalue weighted by atomic mass is 19.4. The number of rotatable bonds is 4. The molecule has 1 aliphatic rings. The van der Waals surface area contributed by atoms with Gasteiger partial charge in [-0.2, -0.15) is 13.2 Å². The summed E-state index contributed by atoms with van der Waals surface area (Å²) >= 11 is 0. The van der Waals surface area contributed by atoms with Crippen molar-refractivity contribution in [2.75, 3.05) is 0 Å². The van der Waals surface area contributed by atoms with Crippen molar-refractivity contribution in [1.82, 2.24) is 5.43 Å². The Labute approximate surface area is 88.4 Å². The lowest BCUT2D eigenvalue weighted by Crippen LogP contribution is -2.46. The monoisotopic (exact) mass is 224 g/mol. The summed E-state index contributed by atoms with van der Waals surface area (Å²) in [5.41, 5.74) is 2.50. The second kappa shape index (κ2) is 4.70. The fourth-order valence-electron chi connectivity index (χ4n) is 2.47. The third-order valence-corrected chi connectivity index (χ3v) is 3.50. The molecule has 5 heteroatoms. The van der Waals surface area contributed by atoms with Crippen molar-refractivity contribution >= 4 is 0 Å². The van der Waals surface area contributed by atoms with Gasteiger partial charge < -0.3 is 0 Å². The van der Waals surface area contributed by atoms with Crippen molar-refractivity contribution in [1.29, 1.82) is 0 Å². The standard InChI is InChI=1S/C10H19F3N2/c1-9(5-2-3-6-9)8(15-14)4-7-10(11,12)13/h8,15H,2-7,14H2,1H3. The lowest BCUT2D eigenvalue weighted by Gasteiger charge is -2.33.